The van der Waals surface area contributed by atoms with Crippen LogP contribution in [0.25, 0.3) is 0 Å². The first-order valence-electron chi connectivity index (χ1n) is 6.10. The van der Waals surface area contributed by atoms with Gasteiger partial charge in [-0.05, 0) is 31.9 Å². The van der Waals surface area contributed by atoms with Crippen LogP contribution in [0.1, 0.15) is 31.2 Å². The summed E-state index contributed by atoms with van der Waals surface area (Å²) in [5, 5.41) is 20.8. The highest BCUT2D eigenvalue weighted by Crippen LogP contribution is 2.30. The van der Waals surface area contributed by atoms with Crippen LogP contribution in [0.15, 0.2) is 18.2 Å². The standard InChI is InChI=1S/C13H17NO4/c1-10-8-11(4-5-12(10)14(16)17)18-9-13(15)6-2-3-7-13/h4-5,8,15H,2-3,6-7,9H2,1H3. The molecule has 0 aromatic heterocycles. The Morgan fingerprint density at radius 3 is 2.67 bits per heavy atom. The summed E-state index contributed by atoms with van der Waals surface area (Å²) >= 11 is 0. The molecule has 0 aliphatic heterocycles. The Balaban J connectivity index is 2.02. The maximum atomic E-state index is 10.7. The third-order valence-electron chi connectivity index (χ3n) is 3.41. The Hall–Kier alpha value is -1.62. The molecule has 98 valence electrons. The minimum absolute atomic E-state index is 0.0851. The van der Waals surface area contributed by atoms with E-state index in [0.717, 1.165) is 25.7 Å². The molecular formula is C13H17NO4. The molecule has 0 radical (unpaired) electrons. The first-order chi connectivity index (χ1) is 8.50. The van der Waals surface area contributed by atoms with Crippen LogP contribution in [-0.2, 0) is 0 Å². The molecule has 0 atom stereocenters. The van der Waals surface area contributed by atoms with Crippen molar-refractivity contribution in [1.82, 2.24) is 0 Å². The van der Waals surface area contributed by atoms with Crippen LogP contribution in [0.2, 0.25) is 0 Å². The highest BCUT2D eigenvalue weighted by Gasteiger charge is 2.31. The van der Waals surface area contributed by atoms with E-state index in [1.54, 1.807) is 19.1 Å². The van der Waals surface area contributed by atoms with Crippen molar-refractivity contribution in [3.8, 4) is 5.75 Å². The van der Waals surface area contributed by atoms with Crippen molar-refractivity contribution in [3.63, 3.8) is 0 Å². The van der Waals surface area contributed by atoms with Gasteiger partial charge in [0.05, 0.1) is 10.5 Å². The van der Waals surface area contributed by atoms with Gasteiger partial charge >= 0.3 is 0 Å². The number of aliphatic hydroxyl groups is 1. The molecule has 0 bridgehead atoms. The molecular weight excluding hydrogens is 234 g/mol. The SMILES string of the molecule is Cc1cc(OCC2(O)CCCC2)ccc1[N+](=O)[O-]. The van der Waals surface area contributed by atoms with Gasteiger partial charge in [0.1, 0.15) is 12.4 Å². The predicted molar refractivity (Wildman–Crippen MR) is 66.7 cm³/mol. The summed E-state index contributed by atoms with van der Waals surface area (Å²) in [4.78, 5) is 10.3. The van der Waals surface area contributed by atoms with Gasteiger partial charge in [-0.15, -0.1) is 0 Å². The Bertz CT molecular complexity index is 452. The summed E-state index contributed by atoms with van der Waals surface area (Å²) in [7, 11) is 0. The van der Waals surface area contributed by atoms with Gasteiger partial charge in [0.15, 0.2) is 0 Å². The fourth-order valence-electron chi connectivity index (χ4n) is 2.32. The monoisotopic (exact) mass is 251 g/mol. The van der Waals surface area contributed by atoms with Crippen molar-refractivity contribution in [3.05, 3.63) is 33.9 Å². The van der Waals surface area contributed by atoms with Crippen molar-refractivity contribution in [2.75, 3.05) is 6.61 Å². The molecule has 18 heavy (non-hydrogen) atoms. The molecule has 0 unspecified atom stereocenters. The van der Waals surface area contributed by atoms with Gasteiger partial charge < -0.3 is 9.84 Å². The third-order valence-corrected chi connectivity index (χ3v) is 3.41. The summed E-state index contributed by atoms with van der Waals surface area (Å²) in [6.45, 7) is 1.93. The first kappa shape index (κ1) is 12.8. The smallest absolute Gasteiger partial charge is 0.272 e. The van der Waals surface area contributed by atoms with Crippen molar-refractivity contribution in [2.24, 2.45) is 0 Å². The lowest BCUT2D eigenvalue weighted by Gasteiger charge is -2.22. The number of benzene rings is 1. The van der Waals surface area contributed by atoms with E-state index in [1.165, 1.54) is 6.07 Å². The van der Waals surface area contributed by atoms with Crippen LogP contribution < -0.4 is 4.74 Å². The van der Waals surface area contributed by atoms with E-state index in [0.29, 0.717) is 11.3 Å². The number of nitrogens with zero attached hydrogens (tertiary/aromatic N) is 1. The molecule has 1 aromatic carbocycles. The average molecular weight is 251 g/mol. The van der Waals surface area contributed by atoms with Crippen LogP contribution in [0, 0.1) is 17.0 Å². The number of ether oxygens (including phenoxy) is 1. The summed E-state index contributed by atoms with van der Waals surface area (Å²) in [5.74, 6) is 0.568. The lowest BCUT2D eigenvalue weighted by atomic mass is 10.0. The van der Waals surface area contributed by atoms with Gasteiger partial charge in [0.25, 0.3) is 5.69 Å². The molecule has 1 saturated carbocycles. The van der Waals surface area contributed by atoms with Crippen molar-refractivity contribution in [1.29, 1.82) is 0 Å². The van der Waals surface area contributed by atoms with E-state index in [4.69, 9.17) is 4.74 Å². The minimum Gasteiger partial charge on any atom is -0.491 e. The second kappa shape index (κ2) is 4.94. The fourth-order valence-corrected chi connectivity index (χ4v) is 2.32. The average Bonchev–Trinajstić information content (AvgIpc) is 2.74. The topological polar surface area (TPSA) is 72.6 Å². The van der Waals surface area contributed by atoms with Gasteiger partial charge in [0, 0.05) is 11.6 Å². The van der Waals surface area contributed by atoms with Crippen molar-refractivity contribution < 1.29 is 14.8 Å². The molecule has 0 amide bonds. The zero-order chi connectivity index (χ0) is 13.2. The number of hydrogen-bond donors (Lipinski definition) is 1. The van der Waals surface area contributed by atoms with Crippen LogP contribution >= 0.6 is 0 Å². The first-order valence-corrected chi connectivity index (χ1v) is 6.10. The second-order valence-electron chi connectivity index (χ2n) is 4.93. The minimum atomic E-state index is -0.727. The molecule has 1 aromatic rings. The van der Waals surface area contributed by atoms with E-state index in [9.17, 15) is 15.2 Å². The number of nitro benzene ring substituents is 1. The number of rotatable bonds is 4. The Kier molecular flexibility index (Phi) is 3.52. The van der Waals surface area contributed by atoms with Crippen LogP contribution in [0.4, 0.5) is 5.69 Å². The molecule has 0 heterocycles. The number of aryl methyl sites for hydroxylation is 1. The predicted octanol–water partition coefficient (Wildman–Crippen LogP) is 2.59. The second-order valence-corrected chi connectivity index (χ2v) is 4.93. The van der Waals surface area contributed by atoms with E-state index in [1.807, 2.05) is 0 Å². The van der Waals surface area contributed by atoms with Crippen LogP contribution in [0.3, 0.4) is 0 Å². The van der Waals surface area contributed by atoms with Crippen molar-refractivity contribution >= 4 is 5.69 Å². The normalized spacial score (nSPS) is 17.7. The molecule has 5 heteroatoms. The van der Waals surface area contributed by atoms with Gasteiger partial charge in [0.2, 0.25) is 0 Å². The Morgan fingerprint density at radius 1 is 1.44 bits per heavy atom. The fraction of sp³-hybridized carbons (Fsp3) is 0.538. The van der Waals surface area contributed by atoms with E-state index < -0.39 is 10.5 Å². The number of nitro groups is 1. The summed E-state index contributed by atoms with van der Waals surface area (Å²) in [6.07, 6.45) is 3.58. The lowest BCUT2D eigenvalue weighted by molar-refractivity contribution is -0.385. The molecule has 5 nitrogen and oxygen atoms in total. The van der Waals surface area contributed by atoms with E-state index >= 15 is 0 Å². The van der Waals surface area contributed by atoms with Crippen LogP contribution in [0.5, 0.6) is 5.75 Å². The highest BCUT2D eigenvalue weighted by atomic mass is 16.6. The molecule has 0 saturated heterocycles. The summed E-state index contributed by atoms with van der Waals surface area (Å²) in [6, 6.07) is 4.64. The maximum absolute atomic E-state index is 10.7. The molecule has 2 rings (SSSR count). The maximum Gasteiger partial charge on any atom is 0.272 e. The summed E-state index contributed by atoms with van der Waals surface area (Å²) in [5.41, 5.74) is -0.0757. The molecule has 1 N–H and O–H groups in total. The van der Waals surface area contributed by atoms with Gasteiger partial charge in [-0.2, -0.15) is 0 Å². The molecule has 0 spiro atoms. The molecule has 1 aliphatic carbocycles. The third kappa shape index (κ3) is 2.79. The Morgan fingerprint density at radius 2 is 2.11 bits per heavy atom. The zero-order valence-corrected chi connectivity index (χ0v) is 10.4. The van der Waals surface area contributed by atoms with Crippen molar-refractivity contribution in [2.45, 2.75) is 38.2 Å². The lowest BCUT2D eigenvalue weighted by Crippen LogP contribution is -2.32. The molecule has 1 fully saturated rings. The highest BCUT2D eigenvalue weighted by molar-refractivity contribution is 5.44. The molecule has 1 aliphatic rings. The number of hydrogen-bond acceptors (Lipinski definition) is 4. The zero-order valence-electron chi connectivity index (χ0n) is 10.4. The van der Waals surface area contributed by atoms with E-state index in [-0.39, 0.29) is 12.3 Å². The van der Waals surface area contributed by atoms with E-state index in [2.05, 4.69) is 0 Å². The van der Waals surface area contributed by atoms with Gasteiger partial charge in [-0.1, -0.05) is 12.8 Å². The largest absolute Gasteiger partial charge is 0.491 e. The summed E-state index contributed by atoms with van der Waals surface area (Å²) < 4.78 is 5.54. The van der Waals surface area contributed by atoms with Gasteiger partial charge in [-0.3, -0.25) is 10.1 Å². The quantitative estimate of drug-likeness (QED) is 0.659. The van der Waals surface area contributed by atoms with Crippen LogP contribution in [-0.4, -0.2) is 22.2 Å². The Labute approximate surface area is 106 Å². The van der Waals surface area contributed by atoms with Gasteiger partial charge in [-0.25, -0.2) is 0 Å².